The highest BCUT2D eigenvalue weighted by atomic mass is 16.3. The van der Waals surface area contributed by atoms with Crippen LogP contribution in [0.5, 0.6) is 0 Å². The lowest BCUT2D eigenvalue weighted by molar-refractivity contribution is 0.620. The number of rotatable bonds is 2. The van der Waals surface area contributed by atoms with Gasteiger partial charge in [-0.1, -0.05) is 141 Å². The monoisotopic (exact) mass is 536 g/mol. The summed E-state index contributed by atoms with van der Waals surface area (Å²) in [6.45, 7) is 4.64. The molecule has 0 saturated heterocycles. The summed E-state index contributed by atoms with van der Waals surface area (Å²) in [6.07, 6.45) is 0. The number of fused-ring (bicyclic) bond motifs is 8. The minimum Gasteiger partial charge on any atom is -0.455 e. The van der Waals surface area contributed by atoms with Gasteiger partial charge in [0.1, 0.15) is 11.3 Å². The maximum Gasteiger partial charge on any atom is 0.143 e. The molecule has 1 heteroatoms. The van der Waals surface area contributed by atoms with Crippen LogP contribution in [-0.2, 0) is 5.41 Å². The van der Waals surface area contributed by atoms with Gasteiger partial charge in [0, 0.05) is 33.1 Å². The van der Waals surface area contributed by atoms with Crippen LogP contribution in [0.15, 0.2) is 138 Å². The van der Waals surface area contributed by atoms with Gasteiger partial charge in [-0.2, -0.15) is 0 Å². The van der Waals surface area contributed by atoms with Gasteiger partial charge in [-0.05, 0) is 55.1 Å². The molecule has 0 radical (unpaired) electrons. The summed E-state index contributed by atoms with van der Waals surface area (Å²) in [5, 5.41) is 8.70. The molecule has 0 bridgehead atoms. The molecular weight excluding hydrogens is 508 g/mol. The van der Waals surface area contributed by atoms with Crippen LogP contribution >= 0.6 is 0 Å². The molecule has 1 nitrogen and oxygen atoms in total. The molecule has 9 rings (SSSR count). The van der Waals surface area contributed by atoms with E-state index in [2.05, 4.69) is 147 Å². The Morgan fingerprint density at radius 1 is 0.476 bits per heavy atom. The van der Waals surface area contributed by atoms with Gasteiger partial charge in [0.05, 0.1) is 0 Å². The molecule has 0 spiro atoms. The molecule has 0 amide bonds. The summed E-state index contributed by atoms with van der Waals surface area (Å²) >= 11 is 0. The van der Waals surface area contributed by atoms with Crippen LogP contribution in [0.3, 0.4) is 0 Å². The second kappa shape index (κ2) is 8.44. The van der Waals surface area contributed by atoms with Gasteiger partial charge in [0.25, 0.3) is 0 Å². The van der Waals surface area contributed by atoms with Crippen molar-refractivity contribution in [1.82, 2.24) is 0 Å². The Morgan fingerprint density at radius 3 is 1.79 bits per heavy atom. The zero-order valence-electron chi connectivity index (χ0n) is 23.6. The minimum atomic E-state index is -0.125. The predicted octanol–water partition coefficient (Wildman–Crippen LogP) is 11.5. The molecule has 1 aliphatic rings. The molecule has 198 valence electrons. The fraction of sp³-hybridized carbons (Fsp3) is 0.0732. The van der Waals surface area contributed by atoms with E-state index in [1.165, 1.54) is 71.1 Å². The summed E-state index contributed by atoms with van der Waals surface area (Å²) in [5.41, 5.74) is 9.58. The standard InChI is InChI=1S/C41H28O/c1-41(2)35-21-10-9-18-32(35)40-38(41)34-20-11-19-33(39(34)42-40)37-30-16-7-5-14-28(30)36(29-15-6-8-17-31(29)37)27-23-22-25-12-3-4-13-26(25)24-27/h3-24H,1-2H3. The largest absolute Gasteiger partial charge is 0.455 e. The van der Waals surface area contributed by atoms with Crippen LogP contribution in [0.4, 0.5) is 0 Å². The van der Waals surface area contributed by atoms with Crippen LogP contribution in [0, 0.1) is 0 Å². The lowest BCUT2D eigenvalue weighted by Crippen LogP contribution is -2.14. The van der Waals surface area contributed by atoms with Crippen molar-refractivity contribution in [3.63, 3.8) is 0 Å². The Bertz CT molecular complexity index is 2330. The van der Waals surface area contributed by atoms with E-state index in [-0.39, 0.29) is 5.41 Å². The minimum absolute atomic E-state index is 0.125. The van der Waals surface area contributed by atoms with Crippen molar-refractivity contribution in [2.24, 2.45) is 0 Å². The molecule has 8 aromatic rings. The smallest absolute Gasteiger partial charge is 0.143 e. The first kappa shape index (κ1) is 23.6. The molecule has 0 N–H and O–H groups in total. The number of benzene rings is 7. The lowest BCUT2D eigenvalue weighted by atomic mass is 9.81. The summed E-state index contributed by atoms with van der Waals surface area (Å²) in [7, 11) is 0. The summed E-state index contributed by atoms with van der Waals surface area (Å²) in [4.78, 5) is 0. The highest BCUT2D eigenvalue weighted by Gasteiger charge is 2.40. The van der Waals surface area contributed by atoms with E-state index in [1.54, 1.807) is 0 Å². The van der Waals surface area contributed by atoms with Gasteiger partial charge in [-0.25, -0.2) is 0 Å². The van der Waals surface area contributed by atoms with Crippen molar-refractivity contribution in [1.29, 1.82) is 0 Å². The molecule has 7 aromatic carbocycles. The van der Waals surface area contributed by atoms with Crippen molar-refractivity contribution in [2.45, 2.75) is 19.3 Å². The molecule has 0 saturated carbocycles. The normalized spacial score (nSPS) is 13.7. The maximum absolute atomic E-state index is 6.92. The van der Waals surface area contributed by atoms with E-state index < -0.39 is 0 Å². The lowest BCUT2D eigenvalue weighted by Gasteiger charge is -2.21. The fourth-order valence-electron chi connectivity index (χ4n) is 7.56. The van der Waals surface area contributed by atoms with E-state index in [1.807, 2.05) is 0 Å². The van der Waals surface area contributed by atoms with Gasteiger partial charge in [0.2, 0.25) is 0 Å². The average Bonchev–Trinajstić information content (AvgIpc) is 3.53. The van der Waals surface area contributed by atoms with Gasteiger partial charge < -0.3 is 4.42 Å². The van der Waals surface area contributed by atoms with Gasteiger partial charge >= 0.3 is 0 Å². The molecular formula is C41H28O. The van der Waals surface area contributed by atoms with E-state index in [0.29, 0.717) is 0 Å². The van der Waals surface area contributed by atoms with Crippen LogP contribution in [0.1, 0.15) is 25.0 Å². The molecule has 1 heterocycles. The molecule has 0 fully saturated rings. The number of furan rings is 1. The molecule has 0 atom stereocenters. The first-order chi connectivity index (χ1) is 20.6. The third-order valence-electron chi connectivity index (χ3n) is 9.42. The maximum atomic E-state index is 6.92. The van der Waals surface area contributed by atoms with E-state index in [9.17, 15) is 0 Å². The highest BCUT2D eigenvalue weighted by Crippen LogP contribution is 2.55. The highest BCUT2D eigenvalue weighted by molar-refractivity contribution is 6.23. The first-order valence-corrected chi connectivity index (χ1v) is 14.7. The Balaban J connectivity index is 1.39. The van der Waals surface area contributed by atoms with Crippen molar-refractivity contribution >= 4 is 43.3 Å². The fourth-order valence-corrected chi connectivity index (χ4v) is 7.56. The van der Waals surface area contributed by atoms with Crippen molar-refractivity contribution in [3.8, 4) is 33.6 Å². The molecule has 0 unspecified atom stereocenters. The number of hydrogen-bond donors (Lipinski definition) is 0. The van der Waals surface area contributed by atoms with Gasteiger partial charge in [-0.15, -0.1) is 0 Å². The van der Waals surface area contributed by atoms with Crippen molar-refractivity contribution in [3.05, 3.63) is 145 Å². The zero-order valence-corrected chi connectivity index (χ0v) is 23.6. The molecule has 1 aromatic heterocycles. The van der Waals surface area contributed by atoms with Crippen LogP contribution in [0.25, 0.3) is 76.9 Å². The van der Waals surface area contributed by atoms with Gasteiger partial charge in [0.15, 0.2) is 0 Å². The van der Waals surface area contributed by atoms with Crippen molar-refractivity contribution in [2.75, 3.05) is 0 Å². The summed E-state index contributed by atoms with van der Waals surface area (Å²) in [6, 6.07) is 48.6. The van der Waals surface area contributed by atoms with Gasteiger partial charge in [-0.3, -0.25) is 0 Å². The van der Waals surface area contributed by atoms with Crippen LogP contribution in [-0.4, -0.2) is 0 Å². The van der Waals surface area contributed by atoms with E-state index in [0.717, 1.165) is 16.9 Å². The van der Waals surface area contributed by atoms with E-state index in [4.69, 9.17) is 4.42 Å². The first-order valence-electron chi connectivity index (χ1n) is 14.7. The van der Waals surface area contributed by atoms with Crippen LogP contribution < -0.4 is 0 Å². The van der Waals surface area contributed by atoms with Crippen LogP contribution in [0.2, 0.25) is 0 Å². The quantitative estimate of drug-likeness (QED) is 0.200. The second-order valence-corrected chi connectivity index (χ2v) is 12.1. The molecule has 1 aliphatic carbocycles. The van der Waals surface area contributed by atoms with E-state index >= 15 is 0 Å². The number of hydrogen-bond acceptors (Lipinski definition) is 1. The second-order valence-electron chi connectivity index (χ2n) is 12.1. The predicted molar refractivity (Wildman–Crippen MR) is 177 cm³/mol. The Morgan fingerprint density at radius 2 is 1.05 bits per heavy atom. The Kier molecular flexibility index (Phi) is 4.73. The number of para-hydroxylation sites is 1. The third-order valence-corrected chi connectivity index (χ3v) is 9.42. The van der Waals surface area contributed by atoms with Crippen molar-refractivity contribution < 1.29 is 4.42 Å². The summed E-state index contributed by atoms with van der Waals surface area (Å²) in [5.74, 6) is 1.01. The summed E-state index contributed by atoms with van der Waals surface area (Å²) < 4.78 is 6.92. The SMILES string of the molecule is CC1(C)c2ccccc2-c2oc3c(-c4c5ccccc5c(-c5ccc6ccccc6c5)c5ccccc45)cccc3c21. The topological polar surface area (TPSA) is 13.1 Å². The Labute approximate surface area is 244 Å². The average molecular weight is 537 g/mol. The third kappa shape index (κ3) is 3.08. The molecule has 42 heavy (non-hydrogen) atoms. The Hall–Kier alpha value is -5.14. The molecule has 0 aliphatic heterocycles. The zero-order chi connectivity index (χ0) is 28.0.